The summed E-state index contributed by atoms with van der Waals surface area (Å²) in [5, 5.41) is 3.81. The lowest BCUT2D eigenvalue weighted by atomic mass is 9.84. The topological polar surface area (TPSA) is 15.3 Å². The van der Waals surface area contributed by atoms with E-state index in [0.29, 0.717) is 5.54 Å². The van der Waals surface area contributed by atoms with Gasteiger partial charge in [-0.05, 0) is 51.2 Å². The molecule has 1 aromatic heterocycles. The zero-order valence-corrected chi connectivity index (χ0v) is 14.3. The highest BCUT2D eigenvalue weighted by atomic mass is 35.5. The van der Waals surface area contributed by atoms with Crippen LogP contribution in [0, 0.1) is 5.92 Å². The van der Waals surface area contributed by atoms with Crippen molar-refractivity contribution >= 4 is 22.9 Å². The molecule has 1 saturated heterocycles. The van der Waals surface area contributed by atoms with Crippen molar-refractivity contribution < 1.29 is 0 Å². The molecule has 112 valence electrons. The molecule has 1 N–H and O–H groups in total. The first kappa shape index (κ1) is 14.8. The predicted molar refractivity (Wildman–Crippen MR) is 87.6 cm³/mol. The Morgan fingerprint density at radius 1 is 1.40 bits per heavy atom. The Kier molecular flexibility index (Phi) is 3.91. The third kappa shape index (κ3) is 2.78. The molecule has 1 aliphatic carbocycles. The van der Waals surface area contributed by atoms with Crippen LogP contribution in [0.2, 0.25) is 4.34 Å². The van der Waals surface area contributed by atoms with Gasteiger partial charge in [0.25, 0.3) is 0 Å². The second-order valence-corrected chi connectivity index (χ2v) is 8.76. The average Bonchev–Trinajstić information content (AvgIpc) is 3.20. The first-order valence-corrected chi connectivity index (χ1v) is 8.89. The molecule has 0 aromatic carbocycles. The molecular formula is C16H25ClN2S. The van der Waals surface area contributed by atoms with E-state index in [9.17, 15) is 0 Å². The number of rotatable bonds is 4. The molecule has 0 amide bonds. The van der Waals surface area contributed by atoms with Gasteiger partial charge in [0, 0.05) is 35.6 Å². The SMILES string of the molecule is CCC1(C)CN(Cc2ccc(Cl)s2)C(C)(C2CC2)CN1. The fraction of sp³-hybridized carbons (Fsp3) is 0.750. The number of thiophene rings is 1. The fourth-order valence-electron chi connectivity index (χ4n) is 3.37. The summed E-state index contributed by atoms with van der Waals surface area (Å²) < 4.78 is 0.904. The van der Waals surface area contributed by atoms with E-state index in [1.165, 1.54) is 24.1 Å². The molecule has 2 nitrogen and oxygen atoms in total. The van der Waals surface area contributed by atoms with Crippen molar-refractivity contribution in [2.75, 3.05) is 13.1 Å². The van der Waals surface area contributed by atoms with Crippen molar-refractivity contribution in [3.63, 3.8) is 0 Å². The predicted octanol–water partition coefficient (Wildman–Crippen LogP) is 4.14. The van der Waals surface area contributed by atoms with Gasteiger partial charge in [0.05, 0.1) is 4.34 Å². The van der Waals surface area contributed by atoms with E-state index < -0.39 is 0 Å². The van der Waals surface area contributed by atoms with Gasteiger partial charge >= 0.3 is 0 Å². The van der Waals surface area contributed by atoms with Gasteiger partial charge in [0.1, 0.15) is 0 Å². The summed E-state index contributed by atoms with van der Waals surface area (Å²) in [6, 6.07) is 4.21. The van der Waals surface area contributed by atoms with E-state index in [-0.39, 0.29) is 5.54 Å². The molecule has 2 atom stereocenters. The lowest BCUT2D eigenvalue weighted by molar-refractivity contribution is -0.000620. The lowest BCUT2D eigenvalue weighted by Gasteiger charge is -2.52. The molecule has 2 unspecified atom stereocenters. The molecule has 2 aliphatic rings. The highest BCUT2D eigenvalue weighted by molar-refractivity contribution is 7.16. The minimum atomic E-state index is 0.245. The van der Waals surface area contributed by atoms with Crippen LogP contribution in [0.5, 0.6) is 0 Å². The third-order valence-electron chi connectivity index (χ3n) is 5.35. The van der Waals surface area contributed by atoms with Gasteiger partial charge in [0.15, 0.2) is 0 Å². The Morgan fingerprint density at radius 2 is 2.15 bits per heavy atom. The molecule has 3 rings (SSSR count). The van der Waals surface area contributed by atoms with Crippen molar-refractivity contribution in [2.45, 2.75) is 57.7 Å². The van der Waals surface area contributed by atoms with E-state index >= 15 is 0 Å². The molecule has 1 aromatic rings. The van der Waals surface area contributed by atoms with Crippen LogP contribution in [-0.4, -0.2) is 29.1 Å². The van der Waals surface area contributed by atoms with Crippen molar-refractivity contribution in [2.24, 2.45) is 5.92 Å². The summed E-state index contributed by atoms with van der Waals surface area (Å²) in [4.78, 5) is 4.11. The molecule has 0 radical (unpaired) electrons. The van der Waals surface area contributed by atoms with Gasteiger partial charge < -0.3 is 5.32 Å². The summed E-state index contributed by atoms with van der Waals surface area (Å²) in [7, 11) is 0. The number of nitrogens with zero attached hydrogens (tertiary/aromatic N) is 1. The summed E-state index contributed by atoms with van der Waals surface area (Å²) >= 11 is 7.82. The van der Waals surface area contributed by atoms with Gasteiger partial charge in [-0.25, -0.2) is 0 Å². The fourth-order valence-corrected chi connectivity index (χ4v) is 4.47. The van der Waals surface area contributed by atoms with Crippen molar-refractivity contribution in [3.8, 4) is 0 Å². The van der Waals surface area contributed by atoms with Gasteiger partial charge in [-0.3, -0.25) is 4.90 Å². The van der Waals surface area contributed by atoms with E-state index in [2.05, 4.69) is 37.1 Å². The Labute approximate surface area is 131 Å². The minimum absolute atomic E-state index is 0.245. The molecule has 4 heteroatoms. The maximum absolute atomic E-state index is 6.10. The molecule has 1 aliphatic heterocycles. The largest absolute Gasteiger partial charge is 0.308 e. The van der Waals surface area contributed by atoms with Crippen LogP contribution in [0.1, 0.15) is 44.9 Å². The van der Waals surface area contributed by atoms with E-state index in [0.717, 1.165) is 29.9 Å². The molecule has 2 heterocycles. The molecular weight excluding hydrogens is 288 g/mol. The summed E-state index contributed by atoms with van der Waals surface area (Å²) in [6.07, 6.45) is 3.96. The molecule has 2 fully saturated rings. The monoisotopic (exact) mass is 312 g/mol. The molecule has 20 heavy (non-hydrogen) atoms. The molecule has 1 saturated carbocycles. The summed E-state index contributed by atoms with van der Waals surface area (Å²) in [6.45, 7) is 10.4. The number of hydrogen-bond acceptors (Lipinski definition) is 3. The van der Waals surface area contributed by atoms with Gasteiger partial charge in [-0.1, -0.05) is 18.5 Å². The van der Waals surface area contributed by atoms with Crippen LogP contribution < -0.4 is 5.32 Å². The van der Waals surface area contributed by atoms with E-state index in [1.807, 2.05) is 6.07 Å². The maximum Gasteiger partial charge on any atom is 0.0931 e. The second-order valence-electron chi connectivity index (χ2n) is 6.96. The Balaban J connectivity index is 1.81. The standard InChI is InChI=1S/C16H25ClN2S/c1-4-15(2)11-19(9-13-7-8-14(17)20-13)16(3,10-18-15)12-5-6-12/h7-8,12,18H,4-6,9-11H2,1-3H3. The van der Waals surface area contributed by atoms with Crippen LogP contribution in [0.15, 0.2) is 12.1 Å². The quantitative estimate of drug-likeness (QED) is 0.898. The minimum Gasteiger partial charge on any atom is -0.308 e. The zero-order valence-electron chi connectivity index (χ0n) is 12.7. The van der Waals surface area contributed by atoms with Crippen LogP contribution >= 0.6 is 22.9 Å². The molecule has 0 bridgehead atoms. The average molecular weight is 313 g/mol. The van der Waals surface area contributed by atoms with Crippen molar-refractivity contribution in [1.29, 1.82) is 0 Å². The Morgan fingerprint density at radius 3 is 2.70 bits per heavy atom. The maximum atomic E-state index is 6.10. The Hall–Kier alpha value is -0.0900. The number of halogens is 1. The summed E-state index contributed by atoms with van der Waals surface area (Å²) in [5.74, 6) is 0.867. The number of hydrogen-bond donors (Lipinski definition) is 1. The van der Waals surface area contributed by atoms with Crippen molar-refractivity contribution in [1.82, 2.24) is 10.2 Å². The third-order valence-corrected chi connectivity index (χ3v) is 6.56. The van der Waals surface area contributed by atoms with E-state index in [1.54, 1.807) is 11.3 Å². The van der Waals surface area contributed by atoms with Gasteiger partial charge in [-0.15, -0.1) is 11.3 Å². The first-order chi connectivity index (χ1) is 9.45. The number of piperazine rings is 1. The first-order valence-electron chi connectivity index (χ1n) is 7.69. The number of nitrogens with one attached hydrogen (secondary N) is 1. The van der Waals surface area contributed by atoms with Crippen LogP contribution in [0.3, 0.4) is 0 Å². The smallest absolute Gasteiger partial charge is 0.0931 e. The molecule has 0 spiro atoms. The van der Waals surface area contributed by atoms with E-state index in [4.69, 9.17) is 11.6 Å². The second kappa shape index (κ2) is 5.28. The van der Waals surface area contributed by atoms with Crippen molar-refractivity contribution in [3.05, 3.63) is 21.3 Å². The Bertz CT molecular complexity index is 485. The van der Waals surface area contributed by atoms with Gasteiger partial charge in [-0.2, -0.15) is 0 Å². The van der Waals surface area contributed by atoms with Crippen LogP contribution in [-0.2, 0) is 6.54 Å². The lowest BCUT2D eigenvalue weighted by Crippen LogP contribution is -2.68. The normalized spacial score (nSPS) is 35.4. The van der Waals surface area contributed by atoms with Crippen LogP contribution in [0.4, 0.5) is 0 Å². The highest BCUT2D eigenvalue weighted by Gasteiger charge is 2.50. The zero-order chi connectivity index (χ0) is 14.4. The highest BCUT2D eigenvalue weighted by Crippen LogP contribution is 2.45. The summed E-state index contributed by atoms with van der Waals surface area (Å²) in [5.41, 5.74) is 0.556. The van der Waals surface area contributed by atoms with Gasteiger partial charge in [0.2, 0.25) is 0 Å². The van der Waals surface area contributed by atoms with Crippen LogP contribution in [0.25, 0.3) is 0 Å².